The van der Waals surface area contributed by atoms with Crippen LogP contribution in [0, 0.1) is 17.6 Å². The number of aliphatic carboxylic acids is 1. The zero-order valence-electron chi connectivity index (χ0n) is 14.8. The van der Waals surface area contributed by atoms with Crippen molar-refractivity contribution in [2.45, 2.75) is 39.3 Å². The Morgan fingerprint density at radius 2 is 1.73 bits per heavy atom. The Morgan fingerprint density at radius 3 is 2.19 bits per heavy atom. The van der Waals surface area contributed by atoms with Gasteiger partial charge >= 0.3 is 5.97 Å². The van der Waals surface area contributed by atoms with Gasteiger partial charge in [-0.25, -0.2) is 13.6 Å². The van der Waals surface area contributed by atoms with Gasteiger partial charge in [0.25, 0.3) is 5.91 Å². The normalized spacial score (nSPS) is 13.5. The van der Waals surface area contributed by atoms with Gasteiger partial charge in [-0.3, -0.25) is 9.59 Å². The second-order valence-electron chi connectivity index (χ2n) is 6.00. The number of carbonyl (C=O) groups excluding carboxylic acids is 2. The number of carboxylic acids is 1. The topological polar surface area (TPSA) is 95.5 Å². The molecule has 142 valence electrons. The minimum atomic E-state index is -1.23. The van der Waals surface area contributed by atoms with Crippen molar-refractivity contribution in [1.82, 2.24) is 10.6 Å². The first-order valence-corrected chi connectivity index (χ1v) is 8.08. The van der Waals surface area contributed by atoms with Gasteiger partial charge in [0, 0.05) is 0 Å². The largest absolute Gasteiger partial charge is 0.480 e. The monoisotopic (exact) mass is 368 g/mol. The first kappa shape index (κ1) is 21.3. The predicted molar refractivity (Wildman–Crippen MR) is 91.4 cm³/mol. The molecule has 0 aliphatic carbocycles. The lowest BCUT2D eigenvalue weighted by molar-refractivity contribution is -0.142. The van der Waals surface area contributed by atoms with E-state index >= 15 is 0 Å². The molecule has 2 atom stereocenters. The summed E-state index contributed by atoms with van der Waals surface area (Å²) in [4.78, 5) is 35.8. The maximum atomic E-state index is 13.7. The van der Waals surface area contributed by atoms with E-state index in [-0.39, 0.29) is 6.42 Å². The number of halogens is 2. The lowest BCUT2D eigenvalue weighted by Crippen LogP contribution is -2.53. The molecule has 2 amide bonds. The summed E-state index contributed by atoms with van der Waals surface area (Å²) >= 11 is 0. The number of allylic oxidation sites excluding steroid dienone is 1. The molecule has 0 bridgehead atoms. The summed E-state index contributed by atoms with van der Waals surface area (Å²) < 4.78 is 27.4. The first-order valence-electron chi connectivity index (χ1n) is 8.08. The number of hydrogen-bond donors (Lipinski definition) is 3. The fraction of sp³-hybridized carbons (Fsp3) is 0.389. The molecule has 0 aliphatic heterocycles. The van der Waals surface area contributed by atoms with Crippen LogP contribution in [0.3, 0.4) is 0 Å². The summed E-state index contributed by atoms with van der Waals surface area (Å²) in [6, 6.07) is 0.642. The van der Waals surface area contributed by atoms with Gasteiger partial charge in [0.2, 0.25) is 5.91 Å². The van der Waals surface area contributed by atoms with Crippen LogP contribution < -0.4 is 10.6 Å². The molecule has 1 aromatic rings. The maximum Gasteiger partial charge on any atom is 0.326 e. The number of carboxylic acid groups (broad SMARTS) is 1. The van der Waals surface area contributed by atoms with Crippen molar-refractivity contribution in [2.24, 2.45) is 5.92 Å². The lowest BCUT2D eigenvalue weighted by Gasteiger charge is -2.24. The SMILES string of the molecule is C/C=C/CC(NC(=O)C(NC(=O)c1c(F)cccc1F)C(C)C)C(=O)O. The van der Waals surface area contributed by atoms with Gasteiger partial charge in [-0.05, 0) is 31.4 Å². The predicted octanol–water partition coefficient (Wildman–Crippen LogP) is 2.25. The molecular weight excluding hydrogens is 346 g/mol. The summed E-state index contributed by atoms with van der Waals surface area (Å²) in [5, 5.41) is 13.8. The van der Waals surface area contributed by atoms with Gasteiger partial charge in [-0.1, -0.05) is 32.1 Å². The fourth-order valence-electron chi connectivity index (χ4n) is 2.22. The van der Waals surface area contributed by atoms with Crippen LogP contribution in [0.1, 0.15) is 37.6 Å². The number of amides is 2. The summed E-state index contributed by atoms with van der Waals surface area (Å²) in [6.45, 7) is 4.94. The summed E-state index contributed by atoms with van der Waals surface area (Å²) in [5.41, 5.74) is -0.797. The van der Waals surface area contributed by atoms with E-state index in [0.717, 1.165) is 18.2 Å². The molecule has 1 rings (SSSR count). The fourth-order valence-corrected chi connectivity index (χ4v) is 2.22. The average Bonchev–Trinajstić information content (AvgIpc) is 2.55. The van der Waals surface area contributed by atoms with Crippen molar-refractivity contribution in [3.63, 3.8) is 0 Å². The number of nitrogens with one attached hydrogen (secondary N) is 2. The number of benzene rings is 1. The van der Waals surface area contributed by atoms with Gasteiger partial charge in [0.15, 0.2) is 0 Å². The Bertz CT molecular complexity index is 684. The van der Waals surface area contributed by atoms with Crippen molar-refractivity contribution in [1.29, 1.82) is 0 Å². The molecule has 6 nitrogen and oxygen atoms in total. The van der Waals surface area contributed by atoms with Crippen molar-refractivity contribution in [2.75, 3.05) is 0 Å². The molecule has 0 aliphatic rings. The molecule has 0 fully saturated rings. The quantitative estimate of drug-likeness (QED) is 0.614. The molecule has 0 saturated carbocycles. The smallest absolute Gasteiger partial charge is 0.326 e. The third-order valence-electron chi connectivity index (χ3n) is 3.65. The summed E-state index contributed by atoms with van der Waals surface area (Å²) in [6.07, 6.45) is 3.29. The van der Waals surface area contributed by atoms with E-state index in [9.17, 15) is 23.2 Å². The standard InChI is InChI=1S/C18H22F2N2O4/c1-4-5-9-13(18(25)26)21-17(24)15(10(2)3)22-16(23)14-11(19)7-6-8-12(14)20/h4-8,10,13,15H,9H2,1-3H3,(H,21,24)(H,22,23)(H,25,26)/b5-4+. The van der Waals surface area contributed by atoms with Crippen LogP contribution in [0.2, 0.25) is 0 Å². The van der Waals surface area contributed by atoms with E-state index < -0.39 is 53.0 Å². The highest BCUT2D eigenvalue weighted by atomic mass is 19.1. The molecule has 8 heteroatoms. The van der Waals surface area contributed by atoms with Crippen LogP contribution in [0.5, 0.6) is 0 Å². The van der Waals surface area contributed by atoms with E-state index in [1.165, 1.54) is 0 Å². The molecule has 0 radical (unpaired) electrons. The third-order valence-corrected chi connectivity index (χ3v) is 3.65. The summed E-state index contributed by atoms with van der Waals surface area (Å²) in [7, 11) is 0. The molecule has 26 heavy (non-hydrogen) atoms. The van der Waals surface area contributed by atoms with Crippen molar-refractivity contribution >= 4 is 17.8 Å². The van der Waals surface area contributed by atoms with E-state index in [1.54, 1.807) is 32.9 Å². The molecular formula is C18H22F2N2O4. The molecule has 0 aromatic heterocycles. The average molecular weight is 368 g/mol. The number of hydrogen-bond acceptors (Lipinski definition) is 3. The molecule has 0 heterocycles. The second kappa shape index (κ2) is 9.65. The lowest BCUT2D eigenvalue weighted by atomic mass is 10.0. The molecule has 3 N–H and O–H groups in total. The Labute approximate surface area is 150 Å². The van der Waals surface area contributed by atoms with Crippen molar-refractivity contribution in [3.05, 3.63) is 47.5 Å². The van der Waals surface area contributed by atoms with Crippen LogP contribution in [0.15, 0.2) is 30.4 Å². The van der Waals surface area contributed by atoms with Gasteiger partial charge in [0.05, 0.1) is 0 Å². The molecule has 1 aromatic carbocycles. The highest BCUT2D eigenvalue weighted by molar-refractivity contribution is 5.98. The van der Waals surface area contributed by atoms with E-state index in [2.05, 4.69) is 10.6 Å². The second-order valence-corrected chi connectivity index (χ2v) is 6.00. The molecule has 0 saturated heterocycles. The van der Waals surface area contributed by atoms with Gasteiger partial charge in [-0.15, -0.1) is 0 Å². The van der Waals surface area contributed by atoms with E-state index in [0.29, 0.717) is 0 Å². The zero-order valence-corrected chi connectivity index (χ0v) is 14.8. The highest BCUT2D eigenvalue weighted by Gasteiger charge is 2.29. The van der Waals surface area contributed by atoms with Crippen molar-refractivity contribution in [3.8, 4) is 0 Å². The number of carbonyl (C=O) groups is 3. The minimum absolute atomic E-state index is 0.0677. The minimum Gasteiger partial charge on any atom is -0.480 e. The Balaban J connectivity index is 2.96. The van der Waals surface area contributed by atoms with Crippen LogP contribution in [-0.4, -0.2) is 35.0 Å². The Morgan fingerprint density at radius 1 is 1.15 bits per heavy atom. The van der Waals surface area contributed by atoms with Crippen LogP contribution in [0.25, 0.3) is 0 Å². The maximum absolute atomic E-state index is 13.7. The van der Waals surface area contributed by atoms with Crippen LogP contribution in [0.4, 0.5) is 8.78 Å². The molecule has 0 spiro atoms. The van der Waals surface area contributed by atoms with Crippen LogP contribution >= 0.6 is 0 Å². The van der Waals surface area contributed by atoms with E-state index in [1.807, 2.05) is 0 Å². The van der Waals surface area contributed by atoms with Gasteiger partial charge in [-0.2, -0.15) is 0 Å². The third kappa shape index (κ3) is 5.65. The molecule has 2 unspecified atom stereocenters. The van der Waals surface area contributed by atoms with E-state index in [4.69, 9.17) is 5.11 Å². The highest BCUT2D eigenvalue weighted by Crippen LogP contribution is 2.13. The van der Waals surface area contributed by atoms with Crippen molar-refractivity contribution < 1.29 is 28.3 Å². The first-order chi connectivity index (χ1) is 12.2. The summed E-state index contributed by atoms with van der Waals surface area (Å²) in [5.74, 6) is -5.61. The van der Waals surface area contributed by atoms with Gasteiger partial charge < -0.3 is 15.7 Å². The number of rotatable bonds is 8. The zero-order chi connectivity index (χ0) is 19.9. The van der Waals surface area contributed by atoms with Crippen LogP contribution in [-0.2, 0) is 9.59 Å². The Hall–Kier alpha value is -2.77. The Kier molecular flexibility index (Phi) is 7.89. The van der Waals surface area contributed by atoms with Gasteiger partial charge in [0.1, 0.15) is 29.3 Å².